The topological polar surface area (TPSA) is 62.3 Å². The molecule has 1 aromatic heterocycles. The first-order valence-corrected chi connectivity index (χ1v) is 10.1. The zero-order valence-corrected chi connectivity index (χ0v) is 16.7. The van der Waals surface area contributed by atoms with E-state index in [1.54, 1.807) is 14.1 Å². The molecule has 0 bridgehead atoms. The fraction of sp³-hybridized carbons (Fsp3) is 0.227. The zero-order chi connectivity index (χ0) is 19.7. The number of para-hydroxylation sites is 1. The molecule has 0 atom stereocenters. The molecule has 0 unspecified atom stereocenters. The van der Waals surface area contributed by atoms with Gasteiger partial charge in [-0.15, -0.1) is 0 Å². The lowest BCUT2D eigenvalue weighted by atomic mass is 10.0. The molecule has 1 heterocycles. The first kappa shape index (κ1) is 18.5. The number of benzene rings is 2. The normalized spacial score (nSPS) is 12.6. The number of carbonyl (C=O) groups excluding carboxylic acids is 2. The number of nitrogens with zero attached hydrogens (tertiary/aromatic N) is 2. The molecule has 6 heteroatoms. The van der Waals surface area contributed by atoms with Gasteiger partial charge in [-0.3, -0.25) is 14.6 Å². The molecule has 28 heavy (non-hydrogen) atoms. The van der Waals surface area contributed by atoms with Crippen LogP contribution in [0.3, 0.4) is 0 Å². The van der Waals surface area contributed by atoms with Gasteiger partial charge in [-0.2, -0.15) is 0 Å². The second kappa shape index (κ2) is 7.64. The summed E-state index contributed by atoms with van der Waals surface area (Å²) < 4.78 is 0. The first-order chi connectivity index (χ1) is 13.5. The maximum Gasteiger partial charge on any atom is 0.285 e. The fourth-order valence-corrected chi connectivity index (χ4v) is 4.12. The van der Waals surface area contributed by atoms with E-state index in [2.05, 4.69) is 5.32 Å². The van der Waals surface area contributed by atoms with Crippen LogP contribution in [0, 0.1) is 0 Å². The number of aryl methyl sites for hydroxylation is 1. The van der Waals surface area contributed by atoms with Crippen LogP contribution in [0.4, 0.5) is 10.5 Å². The molecule has 1 N–H and O–H groups in total. The molecule has 3 aromatic rings. The van der Waals surface area contributed by atoms with Crippen molar-refractivity contribution in [2.24, 2.45) is 0 Å². The minimum Gasteiger partial charge on any atom is -0.339 e. The van der Waals surface area contributed by atoms with E-state index in [0.717, 1.165) is 63.6 Å². The summed E-state index contributed by atoms with van der Waals surface area (Å²) in [5.41, 5.74) is 4.42. The number of aromatic nitrogens is 1. The van der Waals surface area contributed by atoms with Gasteiger partial charge >= 0.3 is 0 Å². The third-order valence-corrected chi connectivity index (χ3v) is 5.88. The third-order valence-electron chi connectivity index (χ3n) is 4.83. The maximum absolute atomic E-state index is 13.1. The summed E-state index contributed by atoms with van der Waals surface area (Å²) >= 11 is 1.16. The molecule has 2 aromatic carbocycles. The summed E-state index contributed by atoms with van der Waals surface area (Å²) in [7, 11) is 3.45. The standard InChI is InChI=1S/C22H21N3O2S/c1-25(2)22(27)28-15-12-10-14(11-13-15)23-21(26)20-16-6-3-4-8-18(16)24-19-9-5-7-17(19)20/h3-4,6,8,10-13H,5,7,9H2,1-2H3,(H,23,26). The molecule has 1 aliphatic rings. The van der Waals surface area contributed by atoms with Crippen molar-refractivity contribution in [2.45, 2.75) is 24.2 Å². The van der Waals surface area contributed by atoms with Gasteiger partial charge in [0.25, 0.3) is 11.1 Å². The van der Waals surface area contributed by atoms with Crippen molar-refractivity contribution < 1.29 is 9.59 Å². The van der Waals surface area contributed by atoms with Crippen LogP contribution in [0.2, 0.25) is 0 Å². The van der Waals surface area contributed by atoms with Crippen molar-refractivity contribution in [2.75, 3.05) is 19.4 Å². The van der Waals surface area contributed by atoms with Gasteiger partial charge in [0.15, 0.2) is 0 Å². The van der Waals surface area contributed by atoms with E-state index in [-0.39, 0.29) is 11.1 Å². The maximum atomic E-state index is 13.1. The average molecular weight is 391 g/mol. The van der Waals surface area contributed by atoms with E-state index in [9.17, 15) is 9.59 Å². The lowest BCUT2D eigenvalue weighted by molar-refractivity contribution is 0.102. The lowest BCUT2D eigenvalue weighted by Crippen LogP contribution is -2.16. The highest BCUT2D eigenvalue weighted by atomic mass is 32.2. The molecule has 4 rings (SSSR count). The molecule has 142 valence electrons. The Hall–Kier alpha value is -2.86. The number of carbonyl (C=O) groups is 2. The lowest BCUT2D eigenvalue weighted by Gasteiger charge is -2.13. The highest BCUT2D eigenvalue weighted by Crippen LogP contribution is 2.31. The van der Waals surface area contributed by atoms with Crippen LogP contribution in [0.1, 0.15) is 28.0 Å². The number of anilines is 1. The molecule has 5 nitrogen and oxygen atoms in total. The Morgan fingerprint density at radius 1 is 1.04 bits per heavy atom. The van der Waals surface area contributed by atoms with Gasteiger partial charge in [0.2, 0.25) is 0 Å². The number of amides is 2. The fourth-order valence-electron chi connectivity index (χ4n) is 3.46. The second-order valence-electron chi connectivity index (χ2n) is 7.02. The van der Waals surface area contributed by atoms with Crippen LogP contribution >= 0.6 is 11.8 Å². The molecule has 0 fully saturated rings. The van der Waals surface area contributed by atoms with E-state index in [1.807, 2.05) is 48.5 Å². The number of nitrogens with one attached hydrogen (secondary N) is 1. The zero-order valence-electron chi connectivity index (χ0n) is 15.9. The van der Waals surface area contributed by atoms with Crippen molar-refractivity contribution in [3.63, 3.8) is 0 Å². The Morgan fingerprint density at radius 2 is 1.79 bits per heavy atom. The van der Waals surface area contributed by atoms with Crippen molar-refractivity contribution in [3.8, 4) is 0 Å². The smallest absolute Gasteiger partial charge is 0.285 e. The first-order valence-electron chi connectivity index (χ1n) is 9.24. The Bertz CT molecular complexity index is 1060. The SMILES string of the molecule is CN(C)C(=O)Sc1ccc(NC(=O)c2c3c(nc4ccccc24)CCC3)cc1. The van der Waals surface area contributed by atoms with Crippen molar-refractivity contribution >= 4 is 39.5 Å². The highest BCUT2D eigenvalue weighted by molar-refractivity contribution is 8.13. The van der Waals surface area contributed by atoms with Crippen molar-refractivity contribution in [1.29, 1.82) is 0 Å². The molecule has 0 radical (unpaired) electrons. The number of hydrogen-bond donors (Lipinski definition) is 1. The summed E-state index contributed by atoms with van der Waals surface area (Å²) in [6, 6.07) is 15.1. The van der Waals surface area contributed by atoms with Crippen LogP contribution in [0.5, 0.6) is 0 Å². The molecular formula is C22H21N3O2S. The molecule has 0 aliphatic heterocycles. The van der Waals surface area contributed by atoms with E-state index < -0.39 is 0 Å². The summed E-state index contributed by atoms with van der Waals surface area (Å²) in [6.07, 6.45) is 2.84. The number of rotatable bonds is 3. The van der Waals surface area contributed by atoms with Gasteiger partial charge in [-0.25, -0.2) is 0 Å². The monoisotopic (exact) mass is 391 g/mol. The third kappa shape index (κ3) is 3.60. The van der Waals surface area contributed by atoms with Gasteiger partial charge in [-0.05, 0) is 66.9 Å². The Labute approximate surface area is 168 Å². The molecule has 0 saturated carbocycles. The van der Waals surface area contributed by atoms with Gasteiger partial charge < -0.3 is 10.2 Å². The predicted molar refractivity (Wildman–Crippen MR) is 113 cm³/mol. The molecule has 0 saturated heterocycles. The van der Waals surface area contributed by atoms with E-state index in [1.165, 1.54) is 4.90 Å². The minimum atomic E-state index is -0.110. The summed E-state index contributed by atoms with van der Waals surface area (Å²) in [5, 5.41) is 3.87. The van der Waals surface area contributed by atoms with Crippen LogP contribution in [-0.2, 0) is 12.8 Å². The summed E-state index contributed by atoms with van der Waals surface area (Å²) in [5.74, 6) is -0.110. The molecule has 0 spiro atoms. The van der Waals surface area contributed by atoms with Gasteiger partial charge in [0.1, 0.15) is 0 Å². The second-order valence-corrected chi connectivity index (χ2v) is 8.05. The summed E-state index contributed by atoms with van der Waals surface area (Å²) in [4.78, 5) is 32.1. The summed E-state index contributed by atoms with van der Waals surface area (Å²) in [6.45, 7) is 0. The van der Waals surface area contributed by atoms with Crippen LogP contribution < -0.4 is 5.32 Å². The van der Waals surface area contributed by atoms with Crippen molar-refractivity contribution in [1.82, 2.24) is 9.88 Å². The van der Waals surface area contributed by atoms with E-state index in [4.69, 9.17) is 4.98 Å². The Balaban J connectivity index is 1.60. The quantitative estimate of drug-likeness (QED) is 0.655. The van der Waals surface area contributed by atoms with Crippen molar-refractivity contribution in [3.05, 3.63) is 65.4 Å². The van der Waals surface area contributed by atoms with Crippen LogP contribution in [0.15, 0.2) is 53.4 Å². The van der Waals surface area contributed by atoms with Crippen LogP contribution in [0.25, 0.3) is 10.9 Å². The Morgan fingerprint density at radius 3 is 2.54 bits per heavy atom. The minimum absolute atomic E-state index is 0.0318. The highest BCUT2D eigenvalue weighted by Gasteiger charge is 2.23. The Kier molecular flexibility index (Phi) is 5.05. The number of hydrogen-bond acceptors (Lipinski definition) is 4. The molecular weight excluding hydrogens is 370 g/mol. The number of thioether (sulfide) groups is 1. The van der Waals surface area contributed by atoms with Gasteiger partial charge in [0.05, 0.1) is 11.1 Å². The predicted octanol–water partition coefficient (Wildman–Crippen LogP) is 4.75. The van der Waals surface area contributed by atoms with Gasteiger partial charge in [0, 0.05) is 35.8 Å². The van der Waals surface area contributed by atoms with E-state index in [0.29, 0.717) is 5.69 Å². The van der Waals surface area contributed by atoms with E-state index >= 15 is 0 Å². The van der Waals surface area contributed by atoms with Gasteiger partial charge in [-0.1, -0.05) is 18.2 Å². The molecule has 1 aliphatic carbocycles. The molecule has 2 amide bonds. The average Bonchev–Trinajstić information content (AvgIpc) is 3.15. The number of pyridine rings is 1. The largest absolute Gasteiger partial charge is 0.339 e. The number of fused-ring (bicyclic) bond motifs is 2. The van der Waals surface area contributed by atoms with Crippen LogP contribution in [-0.4, -0.2) is 35.1 Å².